The van der Waals surface area contributed by atoms with E-state index in [1.807, 2.05) is 29.0 Å². The molecule has 1 N–H and O–H groups in total. The molecule has 2 aromatic heterocycles. The van der Waals surface area contributed by atoms with Gasteiger partial charge in [0.2, 0.25) is 5.91 Å². The SMILES string of the molecule is Cn1c(SCC(=O)NCCC#N)nnc1-c1cc2c(s1)CC[C@@H](C(C)(C)C)C2. The number of fused-ring (bicyclic) bond motifs is 1. The van der Waals surface area contributed by atoms with Gasteiger partial charge in [-0.25, -0.2) is 0 Å². The van der Waals surface area contributed by atoms with Crippen molar-refractivity contribution in [2.24, 2.45) is 18.4 Å². The normalized spacial score (nSPS) is 16.5. The van der Waals surface area contributed by atoms with E-state index >= 15 is 0 Å². The van der Waals surface area contributed by atoms with Crippen molar-refractivity contribution in [3.63, 3.8) is 0 Å². The number of aromatic nitrogens is 3. The predicted octanol–water partition coefficient (Wildman–Crippen LogP) is 3.82. The molecule has 1 aliphatic rings. The smallest absolute Gasteiger partial charge is 0.230 e. The zero-order valence-corrected chi connectivity index (χ0v) is 18.5. The lowest BCUT2D eigenvalue weighted by Gasteiger charge is -2.33. The molecule has 28 heavy (non-hydrogen) atoms. The van der Waals surface area contributed by atoms with E-state index in [2.05, 4.69) is 42.4 Å². The highest BCUT2D eigenvalue weighted by atomic mass is 32.2. The number of aryl methyl sites for hydroxylation is 1. The molecule has 0 saturated carbocycles. The van der Waals surface area contributed by atoms with Gasteiger partial charge in [0.05, 0.1) is 23.1 Å². The third-order valence-electron chi connectivity index (χ3n) is 5.25. The Hall–Kier alpha value is -1.85. The van der Waals surface area contributed by atoms with E-state index in [1.54, 1.807) is 0 Å². The summed E-state index contributed by atoms with van der Waals surface area (Å²) in [6.07, 6.45) is 3.85. The van der Waals surface area contributed by atoms with Crippen LogP contribution in [0.25, 0.3) is 10.7 Å². The summed E-state index contributed by atoms with van der Waals surface area (Å²) in [7, 11) is 1.95. The maximum atomic E-state index is 11.8. The molecule has 8 heteroatoms. The Morgan fingerprint density at radius 3 is 2.96 bits per heavy atom. The summed E-state index contributed by atoms with van der Waals surface area (Å²) < 4.78 is 1.96. The van der Waals surface area contributed by atoms with Gasteiger partial charge in [-0.15, -0.1) is 21.5 Å². The first-order chi connectivity index (χ1) is 13.3. The Morgan fingerprint density at radius 1 is 1.46 bits per heavy atom. The average Bonchev–Trinajstić information content (AvgIpc) is 3.21. The van der Waals surface area contributed by atoms with Crippen LogP contribution in [0.4, 0.5) is 0 Å². The van der Waals surface area contributed by atoms with Gasteiger partial charge >= 0.3 is 0 Å². The number of amides is 1. The first-order valence-corrected chi connectivity index (χ1v) is 11.4. The van der Waals surface area contributed by atoms with Crippen molar-refractivity contribution < 1.29 is 4.79 Å². The van der Waals surface area contributed by atoms with E-state index in [-0.39, 0.29) is 11.7 Å². The molecule has 2 heterocycles. The molecule has 0 spiro atoms. The fourth-order valence-electron chi connectivity index (χ4n) is 3.47. The Labute approximate surface area is 174 Å². The zero-order valence-electron chi connectivity index (χ0n) is 16.9. The number of hydrogen-bond acceptors (Lipinski definition) is 6. The van der Waals surface area contributed by atoms with Crippen LogP contribution in [0.3, 0.4) is 0 Å². The number of nitriles is 1. The van der Waals surface area contributed by atoms with Crippen LogP contribution in [0, 0.1) is 22.7 Å². The van der Waals surface area contributed by atoms with Gasteiger partial charge in [-0.05, 0) is 42.2 Å². The highest BCUT2D eigenvalue weighted by Crippen LogP contribution is 2.42. The van der Waals surface area contributed by atoms with Crippen LogP contribution in [-0.2, 0) is 24.7 Å². The monoisotopic (exact) mass is 417 g/mol. The summed E-state index contributed by atoms with van der Waals surface area (Å²) in [5, 5.41) is 20.6. The molecule has 1 aliphatic carbocycles. The van der Waals surface area contributed by atoms with Gasteiger partial charge in [-0.2, -0.15) is 5.26 Å². The number of nitrogens with zero attached hydrogens (tertiary/aromatic N) is 4. The fourth-order valence-corrected chi connectivity index (χ4v) is 5.44. The van der Waals surface area contributed by atoms with E-state index in [4.69, 9.17) is 5.26 Å². The van der Waals surface area contributed by atoms with Crippen LogP contribution in [0.1, 0.15) is 44.1 Å². The standard InChI is InChI=1S/C20H27N5OS2/c1-20(2,3)14-6-7-15-13(10-14)11-16(28-15)18-23-24-19(25(18)4)27-12-17(26)22-9-5-8-21/h11,14H,5-7,9-10,12H2,1-4H3,(H,22,26)/t14-/m1/s1. The number of carbonyl (C=O) groups excluding carboxylic acids is 1. The average molecular weight is 418 g/mol. The lowest BCUT2D eigenvalue weighted by molar-refractivity contribution is -0.118. The molecule has 1 atom stereocenters. The molecule has 3 rings (SSSR count). The van der Waals surface area contributed by atoms with Crippen LogP contribution < -0.4 is 5.32 Å². The molecule has 0 radical (unpaired) electrons. The topological polar surface area (TPSA) is 83.6 Å². The highest BCUT2D eigenvalue weighted by Gasteiger charge is 2.30. The summed E-state index contributed by atoms with van der Waals surface area (Å²) in [5.74, 6) is 1.75. The molecule has 0 aromatic carbocycles. The molecule has 0 fully saturated rings. The molecule has 2 aromatic rings. The predicted molar refractivity (Wildman–Crippen MR) is 113 cm³/mol. The first kappa shape index (κ1) is 20.9. The summed E-state index contributed by atoms with van der Waals surface area (Å²) in [6.45, 7) is 7.38. The van der Waals surface area contributed by atoms with Crippen LogP contribution in [0.2, 0.25) is 0 Å². The molecule has 1 amide bonds. The minimum absolute atomic E-state index is 0.0930. The van der Waals surface area contributed by atoms with Gasteiger partial charge in [0.25, 0.3) is 0 Å². The Bertz CT molecular complexity index is 888. The quantitative estimate of drug-likeness (QED) is 0.571. The van der Waals surface area contributed by atoms with Crippen molar-refractivity contribution in [2.75, 3.05) is 12.3 Å². The molecule has 6 nitrogen and oxygen atoms in total. The summed E-state index contributed by atoms with van der Waals surface area (Å²) >= 11 is 3.19. The second-order valence-electron chi connectivity index (χ2n) is 8.28. The number of nitrogens with one attached hydrogen (secondary N) is 1. The van der Waals surface area contributed by atoms with Gasteiger partial charge in [0.15, 0.2) is 11.0 Å². The maximum Gasteiger partial charge on any atom is 0.230 e. The van der Waals surface area contributed by atoms with Gasteiger partial charge in [0.1, 0.15) is 0 Å². The van der Waals surface area contributed by atoms with Crippen molar-refractivity contribution in [3.05, 3.63) is 16.5 Å². The van der Waals surface area contributed by atoms with Gasteiger partial charge < -0.3 is 9.88 Å². The van der Waals surface area contributed by atoms with E-state index in [0.29, 0.717) is 24.3 Å². The molecule has 0 bridgehead atoms. The number of carbonyl (C=O) groups is 1. The van der Waals surface area contributed by atoms with E-state index < -0.39 is 0 Å². The Balaban J connectivity index is 1.67. The largest absolute Gasteiger partial charge is 0.354 e. The maximum absolute atomic E-state index is 11.8. The lowest BCUT2D eigenvalue weighted by atomic mass is 9.72. The molecule has 0 saturated heterocycles. The minimum Gasteiger partial charge on any atom is -0.354 e. The van der Waals surface area contributed by atoms with Crippen LogP contribution in [0.5, 0.6) is 0 Å². The van der Waals surface area contributed by atoms with E-state index in [1.165, 1.54) is 28.6 Å². The third kappa shape index (κ3) is 4.76. The van der Waals surface area contributed by atoms with Crippen LogP contribution in [0.15, 0.2) is 11.2 Å². The Kier molecular flexibility index (Phi) is 6.46. The second-order valence-corrected chi connectivity index (χ2v) is 10.4. The van der Waals surface area contributed by atoms with Gasteiger partial charge in [0, 0.05) is 18.5 Å². The second kappa shape index (κ2) is 8.66. The first-order valence-electron chi connectivity index (χ1n) is 9.57. The number of rotatable bonds is 6. The summed E-state index contributed by atoms with van der Waals surface area (Å²) in [6, 6.07) is 4.29. The van der Waals surface area contributed by atoms with Crippen molar-refractivity contribution in [1.29, 1.82) is 5.26 Å². The third-order valence-corrected chi connectivity index (χ3v) is 7.51. The molecular formula is C20H27N5OS2. The molecule has 0 aliphatic heterocycles. The van der Waals surface area contributed by atoms with E-state index in [0.717, 1.165) is 28.7 Å². The molecule has 150 valence electrons. The van der Waals surface area contributed by atoms with Gasteiger partial charge in [-0.1, -0.05) is 32.5 Å². The van der Waals surface area contributed by atoms with Crippen molar-refractivity contribution in [3.8, 4) is 16.8 Å². The number of thiophene rings is 1. The number of hydrogen-bond donors (Lipinski definition) is 1. The minimum atomic E-state index is -0.0930. The van der Waals surface area contributed by atoms with E-state index in [9.17, 15) is 4.79 Å². The fraction of sp³-hybridized carbons (Fsp3) is 0.600. The highest BCUT2D eigenvalue weighted by molar-refractivity contribution is 7.99. The van der Waals surface area contributed by atoms with Gasteiger partial charge in [-0.3, -0.25) is 4.79 Å². The Morgan fingerprint density at radius 2 is 2.25 bits per heavy atom. The van der Waals surface area contributed by atoms with Crippen LogP contribution >= 0.6 is 23.1 Å². The molecule has 0 unspecified atom stereocenters. The molecular weight excluding hydrogens is 390 g/mol. The van der Waals surface area contributed by atoms with Crippen molar-refractivity contribution in [2.45, 2.75) is 51.6 Å². The van der Waals surface area contributed by atoms with Crippen molar-refractivity contribution >= 4 is 29.0 Å². The van der Waals surface area contributed by atoms with Crippen molar-refractivity contribution in [1.82, 2.24) is 20.1 Å². The summed E-state index contributed by atoms with van der Waals surface area (Å²) in [5.41, 5.74) is 1.79. The van der Waals surface area contributed by atoms with Crippen LogP contribution in [-0.4, -0.2) is 33.0 Å². The summed E-state index contributed by atoms with van der Waals surface area (Å²) in [4.78, 5) is 14.5. The zero-order chi connectivity index (χ0) is 20.3. The number of thioether (sulfide) groups is 1. The lowest BCUT2D eigenvalue weighted by Crippen LogP contribution is -2.26.